The van der Waals surface area contributed by atoms with Crippen molar-refractivity contribution in [3.63, 3.8) is 0 Å². The molecule has 2 aromatic heterocycles. The van der Waals surface area contributed by atoms with E-state index in [1.807, 2.05) is 12.1 Å². The smallest absolute Gasteiger partial charge is 0.367 e. The Morgan fingerprint density at radius 1 is 0.981 bits per heavy atom. The molecule has 5 aromatic rings. The van der Waals surface area contributed by atoms with E-state index in [2.05, 4.69) is 29.8 Å². The Balaban J connectivity index is 0.943. The first kappa shape index (κ1) is 36.4. The van der Waals surface area contributed by atoms with Gasteiger partial charge in [-0.05, 0) is 48.9 Å². The zero-order valence-electron chi connectivity index (χ0n) is 28.5. The number of benzene rings is 3. The number of hydrogen-bond donors (Lipinski definition) is 3. The van der Waals surface area contributed by atoms with Gasteiger partial charge in [-0.1, -0.05) is 29.3 Å². The van der Waals surface area contributed by atoms with E-state index in [-0.39, 0.29) is 81.7 Å². The number of H-pyrrole nitrogens is 1. The third kappa shape index (κ3) is 6.38. The fourth-order valence-corrected chi connectivity index (χ4v) is 9.13. The summed E-state index contributed by atoms with van der Waals surface area (Å²) in [6.07, 6.45) is -4.25. The number of amides is 2. The van der Waals surface area contributed by atoms with Crippen LogP contribution in [0.2, 0.25) is 10.0 Å². The van der Waals surface area contributed by atoms with E-state index in [0.29, 0.717) is 37.2 Å². The first-order chi connectivity index (χ1) is 25.6. The van der Waals surface area contributed by atoms with Crippen LogP contribution in [-0.2, 0) is 33.0 Å². The number of carbonyl (C=O) groups is 2. The highest BCUT2D eigenvalue weighted by Crippen LogP contribution is 2.38. The van der Waals surface area contributed by atoms with E-state index < -0.39 is 33.9 Å². The maximum absolute atomic E-state index is 13.6. The highest BCUT2D eigenvalue weighted by atomic mass is 35.5. The molecule has 0 radical (unpaired) electrons. The summed E-state index contributed by atoms with van der Waals surface area (Å²) in [6.45, 7) is 2.61. The van der Waals surface area contributed by atoms with Gasteiger partial charge in [-0.2, -0.15) is 25.9 Å². The number of alkyl halides is 3. The third-order valence-corrected chi connectivity index (χ3v) is 12.3. The van der Waals surface area contributed by atoms with Gasteiger partial charge in [-0.15, -0.1) is 0 Å². The predicted octanol–water partition coefficient (Wildman–Crippen LogP) is 4.35. The van der Waals surface area contributed by atoms with E-state index in [4.69, 9.17) is 23.2 Å². The van der Waals surface area contributed by atoms with Gasteiger partial charge in [-0.25, -0.2) is 9.78 Å². The van der Waals surface area contributed by atoms with Gasteiger partial charge in [0.05, 0.1) is 38.5 Å². The van der Waals surface area contributed by atoms with Crippen molar-refractivity contribution in [3.05, 3.63) is 74.6 Å². The Hall–Kier alpha value is -4.62. The molecule has 3 N–H and O–H groups in total. The molecule has 1 atom stereocenters. The maximum Gasteiger partial charge on any atom is 0.416 e. The highest BCUT2D eigenvalue weighted by molar-refractivity contribution is 7.90. The summed E-state index contributed by atoms with van der Waals surface area (Å²) in [6, 6.07) is 11.0. The summed E-state index contributed by atoms with van der Waals surface area (Å²) in [5, 5.41) is 2.37. The Morgan fingerprint density at radius 3 is 2.43 bits per heavy atom. The van der Waals surface area contributed by atoms with E-state index in [9.17, 15) is 36.0 Å². The minimum absolute atomic E-state index is 0.0237. The number of rotatable bonds is 7. The molecule has 54 heavy (non-hydrogen) atoms. The van der Waals surface area contributed by atoms with Gasteiger partial charge in [0.25, 0.3) is 0 Å². The van der Waals surface area contributed by atoms with Gasteiger partial charge in [0.15, 0.2) is 0 Å². The average Bonchev–Trinajstić information content (AvgIpc) is 3.64. The van der Waals surface area contributed by atoms with Gasteiger partial charge < -0.3 is 9.88 Å². The molecule has 284 valence electrons. The van der Waals surface area contributed by atoms with E-state index >= 15 is 0 Å². The third-order valence-electron chi connectivity index (χ3n) is 10.3. The van der Waals surface area contributed by atoms with E-state index in [1.165, 1.54) is 31.6 Å². The van der Waals surface area contributed by atoms with Crippen molar-refractivity contribution in [2.75, 3.05) is 48.9 Å². The normalized spacial score (nSPS) is 19.4. The lowest BCUT2D eigenvalue weighted by molar-refractivity contribution is -0.138. The van der Waals surface area contributed by atoms with Crippen molar-refractivity contribution in [2.24, 2.45) is 7.05 Å². The molecule has 5 heterocycles. The molecule has 3 aromatic carbocycles. The maximum atomic E-state index is 13.6. The molecule has 14 nitrogen and oxygen atoms in total. The van der Waals surface area contributed by atoms with Crippen LogP contribution in [-0.4, -0.2) is 93.8 Å². The van der Waals surface area contributed by atoms with Crippen LogP contribution < -0.4 is 20.6 Å². The van der Waals surface area contributed by atoms with Crippen molar-refractivity contribution < 1.29 is 31.2 Å². The van der Waals surface area contributed by atoms with Crippen LogP contribution in [0.25, 0.3) is 33.5 Å². The molecule has 3 aliphatic rings. The minimum atomic E-state index is -4.63. The van der Waals surface area contributed by atoms with Crippen molar-refractivity contribution in [1.29, 1.82) is 0 Å². The fraction of sp³-hybridized carbons (Fsp3) is 0.353. The Labute approximate surface area is 315 Å². The van der Waals surface area contributed by atoms with Gasteiger partial charge in [0, 0.05) is 69.4 Å². The molecule has 8 rings (SSSR count). The molecule has 2 amide bonds. The predicted molar refractivity (Wildman–Crippen MR) is 197 cm³/mol. The second-order valence-electron chi connectivity index (χ2n) is 13.6. The summed E-state index contributed by atoms with van der Waals surface area (Å²) in [5.74, 6) is -0.778. The van der Waals surface area contributed by atoms with Crippen LogP contribution in [0.3, 0.4) is 0 Å². The summed E-state index contributed by atoms with van der Waals surface area (Å²) in [7, 11) is -2.42. The SMILES string of the molecule is Cn1c(=O)n(C2CCC(=O)NC2=O)c2cccc(N3CC(N4CCN(S(=O)(=O)Nc5ccc(Cl)cc5-c5nc6c(Cl)cc(C(F)(F)F)cc6[nH]5)CC4)C3)c21. The van der Waals surface area contributed by atoms with Crippen molar-refractivity contribution >= 4 is 78.7 Å². The zero-order chi connectivity index (χ0) is 38.3. The lowest BCUT2D eigenvalue weighted by atomic mass is 10.0. The Kier molecular flexibility index (Phi) is 8.95. The number of aryl methyl sites for hydroxylation is 1. The number of imide groups is 1. The number of anilines is 2. The average molecular weight is 807 g/mol. The van der Waals surface area contributed by atoms with Crippen LogP contribution in [0.5, 0.6) is 0 Å². The summed E-state index contributed by atoms with van der Waals surface area (Å²) in [5.41, 5.74) is 1.29. The lowest BCUT2D eigenvalue weighted by Gasteiger charge is -2.49. The fourth-order valence-electron chi connectivity index (χ4n) is 7.47. The first-order valence-electron chi connectivity index (χ1n) is 17.0. The van der Waals surface area contributed by atoms with Gasteiger partial charge >= 0.3 is 22.1 Å². The molecular weight excluding hydrogens is 774 g/mol. The van der Waals surface area contributed by atoms with Crippen molar-refractivity contribution in [2.45, 2.75) is 31.1 Å². The largest absolute Gasteiger partial charge is 0.416 e. The number of halogens is 5. The van der Waals surface area contributed by atoms with Crippen LogP contribution >= 0.6 is 23.2 Å². The Bertz CT molecular complexity index is 2520. The van der Waals surface area contributed by atoms with Gasteiger partial charge in [0.2, 0.25) is 11.8 Å². The second-order valence-corrected chi connectivity index (χ2v) is 16.1. The molecule has 3 aliphatic heterocycles. The van der Waals surface area contributed by atoms with Gasteiger partial charge in [-0.3, -0.25) is 33.7 Å². The number of piperazine rings is 1. The highest BCUT2D eigenvalue weighted by Gasteiger charge is 2.38. The lowest BCUT2D eigenvalue weighted by Crippen LogP contribution is -2.63. The first-order valence-corrected chi connectivity index (χ1v) is 19.2. The van der Waals surface area contributed by atoms with Gasteiger partial charge in [0.1, 0.15) is 17.4 Å². The number of piperidine rings is 1. The molecule has 0 aliphatic carbocycles. The number of para-hydroxylation sites is 1. The number of fused-ring (bicyclic) bond motifs is 2. The number of aromatic amines is 1. The van der Waals surface area contributed by atoms with Crippen LogP contribution in [0, 0.1) is 0 Å². The zero-order valence-corrected chi connectivity index (χ0v) is 30.8. The number of hydrogen-bond acceptors (Lipinski definition) is 8. The molecule has 20 heteroatoms. The number of imidazole rings is 2. The molecule has 0 bridgehead atoms. The monoisotopic (exact) mass is 805 g/mol. The molecule has 3 saturated heterocycles. The van der Waals surface area contributed by atoms with E-state index in [1.54, 1.807) is 13.1 Å². The van der Waals surface area contributed by atoms with Crippen molar-refractivity contribution in [1.82, 2.24) is 33.6 Å². The molecule has 1 unspecified atom stereocenters. The number of nitrogens with zero attached hydrogens (tertiary/aromatic N) is 6. The summed E-state index contributed by atoms with van der Waals surface area (Å²) >= 11 is 12.4. The topological polar surface area (TPSA) is 158 Å². The Morgan fingerprint density at radius 2 is 1.72 bits per heavy atom. The molecular formula is C34H32Cl2F3N9O5S. The van der Waals surface area contributed by atoms with Crippen LogP contribution in [0.15, 0.2) is 53.3 Å². The minimum Gasteiger partial charge on any atom is -0.367 e. The standard InChI is InChI=1S/C34H32Cl2F3N9O5S/c1-44-30-25(3-2-4-26(30)48(33(44)51)27-7-8-28(49)41-32(27)50)46-16-20(17-46)45-9-11-47(12-10-45)54(52,53)43-23-6-5-19(35)15-21(23)31-40-24-14-18(34(37,38)39)13-22(36)29(24)42-31/h2-6,13-15,20,27,43H,7-12,16-17H2,1H3,(H,40,42)(H,41,49,50). The molecule has 0 saturated carbocycles. The number of aromatic nitrogens is 4. The van der Waals surface area contributed by atoms with Crippen molar-refractivity contribution in [3.8, 4) is 11.4 Å². The van der Waals surface area contributed by atoms with Crippen LogP contribution in [0.1, 0.15) is 24.4 Å². The number of nitrogens with one attached hydrogen (secondary N) is 3. The number of carbonyl (C=O) groups excluding carboxylic acids is 2. The van der Waals surface area contributed by atoms with E-state index in [0.717, 1.165) is 17.8 Å². The second kappa shape index (κ2) is 13.3. The summed E-state index contributed by atoms with van der Waals surface area (Å²) in [4.78, 5) is 49.3. The molecule has 0 spiro atoms. The quantitative estimate of drug-likeness (QED) is 0.205. The molecule has 3 fully saturated rings. The van der Waals surface area contributed by atoms with Crippen LogP contribution in [0.4, 0.5) is 24.5 Å². The summed E-state index contributed by atoms with van der Waals surface area (Å²) < 4.78 is 74.4.